The van der Waals surface area contributed by atoms with Gasteiger partial charge in [0.05, 0.1) is 36.5 Å². The van der Waals surface area contributed by atoms with Crippen LogP contribution in [0, 0.1) is 11.6 Å². The molecule has 0 aliphatic carbocycles. The number of aromatic amines is 1. The molecule has 3 aromatic rings. The summed E-state index contributed by atoms with van der Waals surface area (Å²) < 4.78 is 56.2. The fourth-order valence-electron chi connectivity index (χ4n) is 2.53. The Kier molecular flexibility index (Phi) is 5.36. The minimum Gasteiger partial charge on any atom is -0.480 e. The van der Waals surface area contributed by atoms with Gasteiger partial charge in [0.25, 0.3) is 0 Å². The topological polar surface area (TPSA) is 123 Å². The van der Waals surface area contributed by atoms with Crippen molar-refractivity contribution in [3.8, 4) is 5.88 Å². The van der Waals surface area contributed by atoms with Gasteiger partial charge in [0.2, 0.25) is 21.7 Å². The van der Waals surface area contributed by atoms with Gasteiger partial charge in [-0.25, -0.2) is 27.2 Å². The second kappa shape index (κ2) is 7.58. The van der Waals surface area contributed by atoms with Crippen LogP contribution in [0.4, 0.5) is 8.78 Å². The van der Waals surface area contributed by atoms with Crippen LogP contribution in [0.2, 0.25) is 0 Å². The molecule has 0 unspecified atom stereocenters. The number of methoxy groups -OCH3 is 1. The maximum atomic E-state index is 14.8. The van der Waals surface area contributed by atoms with Crippen molar-refractivity contribution in [3.05, 3.63) is 53.0 Å². The lowest BCUT2D eigenvalue weighted by Gasteiger charge is -2.10. The maximum Gasteiger partial charge on any atom is 0.230 e. The number of nitrogens with zero attached hydrogens (tertiary/aromatic N) is 2. The fourth-order valence-corrected chi connectivity index (χ4v) is 2.81. The lowest BCUT2D eigenvalue weighted by Crippen LogP contribution is -2.22. The second-order valence-electron chi connectivity index (χ2n) is 5.68. The van der Waals surface area contributed by atoms with Gasteiger partial charge in [0.15, 0.2) is 0 Å². The van der Waals surface area contributed by atoms with E-state index in [1.807, 2.05) is 0 Å². The van der Waals surface area contributed by atoms with Crippen LogP contribution in [0.5, 0.6) is 5.88 Å². The van der Waals surface area contributed by atoms with Crippen LogP contribution < -0.4 is 9.62 Å². The molecule has 0 aliphatic heterocycles. The minimum atomic E-state index is -3.68. The number of hydrogen-bond donors (Lipinski definition) is 2. The van der Waals surface area contributed by atoms with E-state index >= 15 is 0 Å². The lowest BCUT2D eigenvalue weighted by atomic mass is 10.00. The molecular weight excluding hydrogens is 398 g/mol. The van der Waals surface area contributed by atoms with E-state index in [-0.39, 0.29) is 28.0 Å². The van der Waals surface area contributed by atoms with Gasteiger partial charge < -0.3 is 9.72 Å². The van der Waals surface area contributed by atoms with Crippen molar-refractivity contribution in [2.24, 2.45) is 0 Å². The number of halogens is 2. The number of ether oxygens (including phenoxy) is 1. The van der Waals surface area contributed by atoms with Gasteiger partial charge in [-0.15, -0.1) is 0 Å². The maximum absolute atomic E-state index is 14.8. The molecule has 0 saturated heterocycles. The van der Waals surface area contributed by atoms with Crippen LogP contribution in [0.25, 0.3) is 11.0 Å². The second-order valence-corrected chi connectivity index (χ2v) is 7.39. The van der Waals surface area contributed by atoms with Crippen LogP contribution in [0.15, 0.2) is 24.7 Å². The molecule has 2 heterocycles. The molecule has 0 radical (unpaired) electrons. The Hall–Kier alpha value is -2.96. The first-order chi connectivity index (χ1) is 13.2. The Morgan fingerprint density at radius 3 is 2.71 bits per heavy atom. The van der Waals surface area contributed by atoms with Gasteiger partial charge in [-0.05, 0) is 6.07 Å². The third-order valence-corrected chi connectivity index (χ3v) is 4.13. The molecule has 148 valence electrons. The third-order valence-electron chi connectivity index (χ3n) is 3.71. The van der Waals surface area contributed by atoms with Crippen molar-refractivity contribution >= 4 is 26.8 Å². The zero-order chi connectivity index (χ0) is 20.5. The lowest BCUT2D eigenvalue weighted by molar-refractivity contribution is 0.0777. The molecule has 0 amide bonds. The number of fused-ring (bicyclic) bond motifs is 1. The van der Waals surface area contributed by atoms with Crippen molar-refractivity contribution in [2.75, 3.05) is 13.4 Å². The summed E-state index contributed by atoms with van der Waals surface area (Å²) in [6, 6.07) is 1.93. The van der Waals surface area contributed by atoms with E-state index in [2.05, 4.69) is 19.8 Å². The molecule has 0 atom stereocenters. The third kappa shape index (κ3) is 3.83. The first kappa shape index (κ1) is 19.8. The smallest absolute Gasteiger partial charge is 0.230 e. The highest BCUT2D eigenvalue weighted by atomic mass is 32.2. The molecule has 3 rings (SSSR count). The van der Waals surface area contributed by atoms with Gasteiger partial charge in [-0.2, -0.15) is 0 Å². The van der Waals surface area contributed by atoms with Gasteiger partial charge in [-0.3, -0.25) is 9.63 Å². The number of rotatable bonds is 7. The predicted octanol–water partition coefficient (Wildman–Crippen LogP) is 1.46. The molecule has 9 nitrogen and oxygen atoms in total. The van der Waals surface area contributed by atoms with E-state index in [0.717, 1.165) is 18.4 Å². The zero-order valence-corrected chi connectivity index (χ0v) is 15.4. The molecule has 2 aromatic heterocycles. The van der Waals surface area contributed by atoms with Gasteiger partial charge in [-0.1, -0.05) is 11.0 Å². The van der Waals surface area contributed by atoms with Crippen molar-refractivity contribution in [3.63, 3.8) is 0 Å². The first-order valence-corrected chi connectivity index (χ1v) is 9.58. The summed E-state index contributed by atoms with van der Waals surface area (Å²) in [5, 5.41) is 0.175. The summed E-state index contributed by atoms with van der Waals surface area (Å²) in [5.41, 5.74) is -0.873. The first-order valence-electron chi connectivity index (χ1n) is 7.69. The summed E-state index contributed by atoms with van der Waals surface area (Å²) >= 11 is 0. The Labute approximate surface area is 157 Å². The number of carbonyl (C=O) groups is 1. The standard InChI is InChI=1S/C16H14F2N4O5S/c1-26-16-11-9(5-19-15(11)20-7-21-16)14(23)12-10(17)4-3-8(13(12)18)6-27-22-28(2,24)25/h3-5,7,22H,6H2,1-2H3,(H,19,20,21). The van der Waals surface area contributed by atoms with Crippen LogP contribution >= 0.6 is 0 Å². The molecule has 0 aliphatic rings. The van der Waals surface area contributed by atoms with E-state index in [1.165, 1.54) is 19.6 Å². The van der Waals surface area contributed by atoms with Crippen molar-refractivity contribution in [2.45, 2.75) is 6.61 Å². The quantitative estimate of drug-likeness (QED) is 0.445. The summed E-state index contributed by atoms with van der Waals surface area (Å²) in [4.78, 5) is 29.8. The summed E-state index contributed by atoms with van der Waals surface area (Å²) in [6.45, 7) is -0.556. The highest BCUT2D eigenvalue weighted by molar-refractivity contribution is 7.88. The van der Waals surface area contributed by atoms with E-state index in [1.54, 1.807) is 4.89 Å². The average molecular weight is 412 g/mol. The summed E-state index contributed by atoms with van der Waals surface area (Å²) in [7, 11) is -2.35. The highest BCUT2D eigenvalue weighted by Gasteiger charge is 2.26. The molecule has 0 fully saturated rings. The van der Waals surface area contributed by atoms with Crippen LogP contribution in [0.3, 0.4) is 0 Å². The van der Waals surface area contributed by atoms with E-state index in [0.29, 0.717) is 0 Å². The van der Waals surface area contributed by atoms with Crippen molar-refractivity contribution in [1.82, 2.24) is 19.8 Å². The summed E-state index contributed by atoms with van der Waals surface area (Å²) in [5.74, 6) is -3.17. The molecule has 1 aromatic carbocycles. The minimum absolute atomic E-state index is 0.0623. The van der Waals surface area contributed by atoms with Crippen LogP contribution in [0.1, 0.15) is 21.5 Å². The van der Waals surface area contributed by atoms with E-state index in [9.17, 15) is 22.0 Å². The van der Waals surface area contributed by atoms with Crippen LogP contribution in [-0.2, 0) is 21.5 Å². The van der Waals surface area contributed by atoms with Crippen molar-refractivity contribution < 1.29 is 31.6 Å². The number of hydrogen-bond acceptors (Lipinski definition) is 7. The Morgan fingerprint density at radius 1 is 1.29 bits per heavy atom. The molecule has 0 bridgehead atoms. The average Bonchev–Trinajstić information content (AvgIpc) is 3.07. The highest BCUT2D eigenvalue weighted by Crippen LogP contribution is 2.29. The largest absolute Gasteiger partial charge is 0.480 e. The SMILES string of the molecule is COc1ncnc2[nH]cc(C(=O)c3c(F)ccc(CONS(C)(=O)=O)c3F)c12. The van der Waals surface area contributed by atoms with Crippen LogP contribution in [-0.4, -0.2) is 42.5 Å². The number of ketones is 1. The molecule has 12 heteroatoms. The molecule has 0 saturated carbocycles. The number of H-pyrrole nitrogens is 1. The number of nitrogens with one attached hydrogen (secondary N) is 2. The number of sulfonamides is 1. The number of benzene rings is 1. The number of aromatic nitrogens is 3. The van der Waals surface area contributed by atoms with Gasteiger partial charge in [0, 0.05) is 11.8 Å². The Bertz CT molecular complexity index is 1160. The predicted molar refractivity (Wildman–Crippen MR) is 93.0 cm³/mol. The van der Waals surface area contributed by atoms with Crippen molar-refractivity contribution in [1.29, 1.82) is 0 Å². The van der Waals surface area contributed by atoms with E-state index < -0.39 is 39.6 Å². The molecule has 2 N–H and O–H groups in total. The van der Waals surface area contributed by atoms with E-state index in [4.69, 9.17) is 4.74 Å². The van der Waals surface area contributed by atoms with Gasteiger partial charge >= 0.3 is 0 Å². The summed E-state index contributed by atoms with van der Waals surface area (Å²) in [6.07, 6.45) is 3.30. The molecule has 0 spiro atoms. The molecule has 28 heavy (non-hydrogen) atoms. The molecular formula is C16H14F2N4O5S. The zero-order valence-electron chi connectivity index (χ0n) is 14.6. The van der Waals surface area contributed by atoms with Gasteiger partial charge in [0.1, 0.15) is 23.6 Å². The fraction of sp³-hybridized carbons (Fsp3) is 0.188. The normalized spacial score (nSPS) is 11.7. The Balaban J connectivity index is 2.02. The Morgan fingerprint density at radius 2 is 2.04 bits per heavy atom. The number of carbonyl (C=O) groups excluding carboxylic acids is 1. The monoisotopic (exact) mass is 412 g/mol.